The van der Waals surface area contributed by atoms with Gasteiger partial charge in [0, 0.05) is 61.5 Å². The minimum atomic E-state index is -0.612. The first-order valence-electron chi connectivity index (χ1n) is 17.0. The zero-order chi connectivity index (χ0) is 33.3. The number of benzene rings is 3. The molecule has 0 radical (unpaired) electrons. The van der Waals surface area contributed by atoms with Crippen molar-refractivity contribution in [2.75, 3.05) is 38.3 Å². The average molecular weight is 657 g/mol. The Hall–Kier alpha value is -4.82. The Labute approximate surface area is 284 Å². The number of nitrogens with one attached hydrogen (secondary N) is 1. The number of hydrogen-bond donors (Lipinski definition) is 2. The topological polar surface area (TPSA) is 95.9 Å². The van der Waals surface area contributed by atoms with E-state index >= 15 is 4.39 Å². The van der Waals surface area contributed by atoms with Crippen LogP contribution in [0.5, 0.6) is 11.8 Å². The molecule has 3 aromatic carbocycles. The molecule has 6 heterocycles. The first-order chi connectivity index (χ1) is 24.0. The molecule has 248 valence electrons. The van der Waals surface area contributed by atoms with E-state index in [0.717, 1.165) is 51.9 Å². The predicted molar refractivity (Wildman–Crippen MR) is 186 cm³/mol. The second-order valence-corrected chi connectivity index (χ2v) is 13.8. The van der Waals surface area contributed by atoms with Gasteiger partial charge in [0.05, 0.1) is 17.5 Å². The molecule has 0 spiro atoms. The molecule has 0 aliphatic carbocycles. The lowest BCUT2D eigenvalue weighted by molar-refractivity contribution is 0.0825. The molecule has 4 aliphatic rings. The molecule has 1 unspecified atom stereocenters. The van der Waals surface area contributed by atoms with Crippen LogP contribution in [-0.4, -0.2) is 70.4 Å². The number of terminal acetylenes is 1. The fraction of sp³-hybridized carbons (Fsp3) is 0.359. The molecule has 0 amide bonds. The van der Waals surface area contributed by atoms with Gasteiger partial charge >= 0.3 is 6.01 Å². The van der Waals surface area contributed by atoms with Gasteiger partial charge in [-0.3, -0.25) is 9.88 Å². The second kappa shape index (κ2) is 11.7. The van der Waals surface area contributed by atoms with Crippen molar-refractivity contribution >= 4 is 27.5 Å². The van der Waals surface area contributed by atoms with Gasteiger partial charge in [0.25, 0.3) is 0 Å². The lowest BCUT2D eigenvalue weighted by Gasteiger charge is -2.35. The highest BCUT2D eigenvalue weighted by molar-refractivity contribution is 6.02. The first kappa shape index (κ1) is 30.3. The number of nitrogens with zero attached hydrogens (tertiary/aromatic N) is 5. The van der Waals surface area contributed by atoms with Crippen LogP contribution in [0.2, 0.25) is 0 Å². The molecule has 2 bridgehead atoms. The van der Waals surface area contributed by atoms with Gasteiger partial charge in [0.2, 0.25) is 0 Å². The van der Waals surface area contributed by atoms with E-state index in [2.05, 4.69) is 44.2 Å². The minimum absolute atomic E-state index is 0.00691. The number of methoxy groups -OCH3 is 1. The zero-order valence-corrected chi connectivity index (χ0v) is 27.4. The van der Waals surface area contributed by atoms with E-state index in [1.54, 1.807) is 25.4 Å². The van der Waals surface area contributed by atoms with E-state index in [4.69, 9.17) is 25.9 Å². The number of anilines is 1. The monoisotopic (exact) mass is 656 g/mol. The third-order valence-corrected chi connectivity index (χ3v) is 11.0. The molecular weight excluding hydrogens is 619 g/mol. The van der Waals surface area contributed by atoms with Gasteiger partial charge < -0.3 is 24.8 Å². The maximum Gasteiger partial charge on any atom is 0.319 e. The maximum atomic E-state index is 17.0. The van der Waals surface area contributed by atoms with Crippen molar-refractivity contribution in [2.45, 2.75) is 56.5 Å². The third kappa shape index (κ3) is 4.83. The molecule has 10 heteroatoms. The third-order valence-electron chi connectivity index (χ3n) is 11.0. The number of piperazine rings is 1. The summed E-state index contributed by atoms with van der Waals surface area (Å²) in [5, 5.41) is 16.2. The molecule has 3 atom stereocenters. The van der Waals surface area contributed by atoms with Gasteiger partial charge in [-0.1, -0.05) is 36.3 Å². The SMILES string of the molecule is C#Cc1cccc2cc(O)cc(-c3ncc4c(N5C[C@H]6CC[C@@H](C5)N6)nc(OCC56CCCN5Cc5c(COC)cccc56)nc4c3F)c12. The number of halogens is 1. The number of rotatable bonds is 7. The summed E-state index contributed by atoms with van der Waals surface area (Å²) in [6.45, 7) is 4.22. The van der Waals surface area contributed by atoms with Crippen LogP contribution in [-0.2, 0) is 23.4 Å². The molecule has 5 aromatic rings. The van der Waals surface area contributed by atoms with Gasteiger partial charge in [0.1, 0.15) is 29.4 Å². The summed E-state index contributed by atoms with van der Waals surface area (Å²) in [4.78, 5) is 19.1. The van der Waals surface area contributed by atoms with Gasteiger partial charge in [-0.25, -0.2) is 4.39 Å². The van der Waals surface area contributed by atoms with E-state index in [1.807, 2.05) is 12.1 Å². The Morgan fingerprint density at radius 3 is 2.78 bits per heavy atom. The Kier molecular flexibility index (Phi) is 7.20. The molecule has 0 saturated carbocycles. The summed E-state index contributed by atoms with van der Waals surface area (Å²) in [7, 11) is 1.73. The minimum Gasteiger partial charge on any atom is -0.508 e. The highest BCUT2D eigenvalue weighted by atomic mass is 19.1. The fourth-order valence-corrected chi connectivity index (χ4v) is 8.84. The highest BCUT2D eigenvalue weighted by Crippen LogP contribution is 2.48. The number of aromatic hydroxyl groups is 1. The number of ether oxygens (including phenoxy) is 2. The van der Waals surface area contributed by atoms with Crippen molar-refractivity contribution in [1.82, 2.24) is 25.2 Å². The lowest BCUT2D eigenvalue weighted by Crippen LogP contribution is -2.51. The number of fused-ring (bicyclic) bond motifs is 7. The summed E-state index contributed by atoms with van der Waals surface area (Å²) in [6.07, 6.45) is 11.7. The van der Waals surface area contributed by atoms with Crippen LogP contribution in [0.4, 0.5) is 10.2 Å². The van der Waals surface area contributed by atoms with Crippen LogP contribution in [0.1, 0.15) is 47.9 Å². The normalized spacial score (nSPS) is 22.8. The molecule has 4 aliphatic heterocycles. The lowest BCUT2D eigenvalue weighted by atomic mass is 9.87. The summed E-state index contributed by atoms with van der Waals surface area (Å²) < 4.78 is 29.1. The molecular formula is C39H37FN6O3. The summed E-state index contributed by atoms with van der Waals surface area (Å²) in [6, 6.07) is 15.8. The average Bonchev–Trinajstić information content (AvgIpc) is 3.77. The largest absolute Gasteiger partial charge is 0.508 e. The summed E-state index contributed by atoms with van der Waals surface area (Å²) in [5.41, 5.74) is 4.61. The van der Waals surface area contributed by atoms with Crippen molar-refractivity contribution < 1.29 is 19.0 Å². The number of phenolic OH excluding ortho intramolecular Hbond substituents is 1. The smallest absolute Gasteiger partial charge is 0.319 e. The van der Waals surface area contributed by atoms with Crippen molar-refractivity contribution in [3.8, 4) is 35.4 Å². The Morgan fingerprint density at radius 1 is 1.12 bits per heavy atom. The molecule has 2 aromatic heterocycles. The van der Waals surface area contributed by atoms with Crippen molar-refractivity contribution in [2.24, 2.45) is 0 Å². The molecule has 49 heavy (non-hydrogen) atoms. The zero-order valence-electron chi connectivity index (χ0n) is 27.4. The van der Waals surface area contributed by atoms with Crippen molar-refractivity contribution in [3.63, 3.8) is 0 Å². The van der Waals surface area contributed by atoms with E-state index < -0.39 is 5.82 Å². The number of phenols is 1. The van der Waals surface area contributed by atoms with Crippen LogP contribution in [0.15, 0.2) is 54.7 Å². The van der Waals surface area contributed by atoms with E-state index in [-0.39, 0.29) is 28.5 Å². The molecule has 3 fully saturated rings. The summed E-state index contributed by atoms with van der Waals surface area (Å²) in [5.74, 6) is 2.71. The van der Waals surface area contributed by atoms with Crippen LogP contribution in [0, 0.1) is 18.2 Å². The molecule has 9 rings (SSSR count). The Bertz CT molecular complexity index is 2170. The number of aromatic nitrogens is 3. The standard InChI is InChI=1S/C39H37FN6O3/c1-3-23-7-4-8-24-15-28(47)16-29(33(23)24)35-34(40)36-30(17-41-35)37(45-18-26-11-12-27(19-45)42-26)44-38(43-36)49-22-39-13-6-14-46(39)20-31-25(21-48-2)9-5-10-32(31)39/h1,4-5,7-10,15-17,26-27,42,47H,6,11-14,18-22H2,2H3/t26-,27+,39?. The Morgan fingerprint density at radius 2 is 1.96 bits per heavy atom. The van der Waals surface area contributed by atoms with E-state index in [0.29, 0.717) is 58.4 Å². The van der Waals surface area contributed by atoms with Gasteiger partial charge in [0.15, 0.2) is 5.82 Å². The quantitative estimate of drug-likeness (QED) is 0.216. The predicted octanol–water partition coefficient (Wildman–Crippen LogP) is 5.64. The maximum absolute atomic E-state index is 17.0. The second-order valence-electron chi connectivity index (χ2n) is 13.8. The van der Waals surface area contributed by atoms with Gasteiger partial charge in [-0.05, 0) is 72.5 Å². The van der Waals surface area contributed by atoms with Crippen LogP contribution >= 0.6 is 0 Å². The number of hydrogen-bond acceptors (Lipinski definition) is 9. The summed E-state index contributed by atoms with van der Waals surface area (Å²) >= 11 is 0. The highest BCUT2D eigenvalue weighted by Gasteiger charge is 2.49. The van der Waals surface area contributed by atoms with Gasteiger partial charge in [-0.2, -0.15) is 9.97 Å². The van der Waals surface area contributed by atoms with Crippen LogP contribution in [0.25, 0.3) is 32.9 Å². The van der Waals surface area contributed by atoms with Crippen molar-refractivity contribution in [1.29, 1.82) is 0 Å². The van der Waals surface area contributed by atoms with E-state index in [9.17, 15) is 5.11 Å². The molecule has 3 saturated heterocycles. The molecule has 2 N–H and O–H groups in total. The number of pyridine rings is 1. The fourth-order valence-electron chi connectivity index (χ4n) is 8.84. The Balaban J connectivity index is 1.17. The van der Waals surface area contributed by atoms with E-state index in [1.165, 1.54) is 22.8 Å². The molecule has 9 nitrogen and oxygen atoms in total. The van der Waals surface area contributed by atoms with Crippen LogP contribution in [0.3, 0.4) is 0 Å². The van der Waals surface area contributed by atoms with Crippen LogP contribution < -0.4 is 15.0 Å². The van der Waals surface area contributed by atoms with Gasteiger partial charge in [-0.15, -0.1) is 6.42 Å². The van der Waals surface area contributed by atoms with Crippen molar-refractivity contribution in [3.05, 3.63) is 82.8 Å². The first-order valence-corrected chi connectivity index (χ1v) is 17.0.